The van der Waals surface area contributed by atoms with E-state index in [1.165, 1.54) is 23.0 Å². The molecule has 1 unspecified atom stereocenters. The van der Waals surface area contributed by atoms with Gasteiger partial charge in [-0.3, -0.25) is 0 Å². The summed E-state index contributed by atoms with van der Waals surface area (Å²) in [6.45, 7) is 13.4. The molecular formula is C27H30N5P. The van der Waals surface area contributed by atoms with Crippen LogP contribution in [0.3, 0.4) is 0 Å². The standard InChI is InChI=1S/C27H30N5P/c1-16(2)22-11-6-7-12-23(22)32-19(5)24-17(3)9-8-10-20(24)13-21(32)14-29-26-25(18(4)28)27(33)31-15-30-26/h6-13,15-16,28H,5,14,33H2,1-4H3,(H,29,30,31). The van der Waals surface area contributed by atoms with Gasteiger partial charge in [-0.05, 0) is 48.6 Å². The number of anilines is 2. The summed E-state index contributed by atoms with van der Waals surface area (Å²) in [6, 6.07) is 14.9. The van der Waals surface area contributed by atoms with Crippen LogP contribution in [0.1, 0.15) is 54.5 Å². The van der Waals surface area contributed by atoms with Gasteiger partial charge >= 0.3 is 0 Å². The van der Waals surface area contributed by atoms with Crippen LogP contribution in [0.25, 0.3) is 11.8 Å². The molecule has 0 saturated heterocycles. The van der Waals surface area contributed by atoms with Crippen molar-refractivity contribution in [2.75, 3.05) is 16.8 Å². The minimum absolute atomic E-state index is 0.371. The van der Waals surface area contributed by atoms with Gasteiger partial charge in [0, 0.05) is 28.4 Å². The Bertz CT molecular complexity index is 1280. The Labute approximate surface area is 198 Å². The number of hydrogen-bond acceptors (Lipinski definition) is 5. The van der Waals surface area contributed by atoms with Crippen LogP contribution in [0.15, 0.2) is 61.1 Å². The summed E-state index contributed by atoms with van der Waals surface area (Å²) >= 11 is 0. The molecule has 0 bridgehead atoms. The Balaban J connectivity index is 1.81. The van der Waals surface area contributed by atoms with Crippen molar-refractivity contribution >= 4 is 43.7 Å². The highest BCUT2D eigenvalue weighted by atomic mass is 31.0. The monoisotopic (exact) mass is 455 g/mol. The number of hydrogen-bond donors (Lipinski definition) is 2. The molecule has 2 N–H and O–H groups in total. The largest absolute Gasteiger partial charge is 0.364 e. The maximum atomic E-state index is 8.17. The number of para-hydroxylation sites is 1. The maximum absolute atomic E-state index is 8.17. The molecule has 2 aromatic carbocycles. The van der Waals surface area contributed by atoms with Crippen molar-refractivity contribution in [2.45, 2.75) is 33.6 Å². The Kier molecular flexibility index (Phi) is 6.44. The fourth-order valence-electron chi connectivity index (χ4n) is 4.42. The molecule has 3 aromatic rings. The van der Waals surface area contributed by atoms with Gasteiger partial charge in [-0.15, -0.1) is 0 Å². The predicted molar refractivity (Wildman–Crippen MR) is 144 cm³/mol. The van der Waals surface area contributed by atoms with Crippen LogP contribution >= 0.6 is 9.24 Å². The summed E-state index contributed by atoms with van der Waals surface area (Å²) in [5, 5.41) is 11.6. The molecule has 0 fully saturated rings. The fourth-order valence-corrected chi connectivity index (χ4v) is 4.84. The van der Waals surface area contributed by atoms with Crippen molar-refractivity contribution in [2.24, 2.45) is 0 Å². The molecular weight excluding hydrogens is 425 g/mol. The third kappa shape index (κ3) is 4.34. The first-order chi connectivity index (χ1) is 15.8. The lowest BCUT2D eigenvalue weighted by atomic mass is 9.92. The Hall–Kier alpha value is -3.30. The molecule has 0 aliphatic carbocycles. The molecule has 5 nitrogen and oxygen atoms in total. The van der Waals surface area contributed by atoms with E-state index < -0.39 is 0 Å². The molecule has 0 amide bonds. The van der Waals surface area contributed by atoms with Gasteiger partial charge in [0.1, 0.15) is 12.1 Å². The van der Waals surface area contributed by atoms with Gasteiger partial charge in [-0.25, -0.2) is 9.97 Å². The fraction of sp³-hybridized carbons (Fsp3) is 0.222. The molecule has 0 saturated carbocycles. The molecule has 0 radical (unpaired) electrons. The summed E-state index contributed by atoms with van der Waals surface area (Å²) in [6.07, 6.45) is 3.75. The Morgan fingerprint density at radius 3 is 2.64 bits per heavy atom. The lowest BCUT2D eigenvalue weighted by Gasteiger charge is -2.36. The van der Waals surface area contributed by atoms with Gasteiger partial charge in [0.2, 0.25) is 0 Å². The quantitative estimate of drug-likeness (QED) is 0.367. The van der Waals surface area contributed by atoms with E-state index in [9.17, 15) is 0 Å². The molecule has 6 heteroatoms. The number of nitrogens with zero attached hydrogens (tertiary/aromatic N) is 3. The number of nitrogens with one attached hydrogen (secondary N) is 2. The second-order valence-electron chi connectivity index (χ2n) is 8.63. The minimum Gasteiger partial charge on any atom is -0.364 e. The van der Waals surface area contributed by atoms with Crippen molar-refractivity contribution in [1.82, 2.24) is 9.97 Å². The summed E-state index contributed by atoms with van der Waals surface area (Å²) in [5.74, 6) is 1.02. The van der Waals surface area contributed by atoms with Crippen molar-refractivity contribution in [3.05, 3.63) is 88.9 Å². The van der Waals surface area contributed by atoms with Crippen molar-refractivity contribution in [1.29, 1.82) is 5.41 Å². The number of benzene rings is 2. The number of fused-ring (bicyclic) bond motifs is 1. The van der Waals surface area contributed by atoms with E-state index in [4.69, 9.17) is 5.41 Å². The molecule has 4 rings (SSSR count). The highest BCUT2D eigenvalue weighted by molar-refractivity contribution is 7.27. The van der Waals surface area contributed by atoms with Gasteiger partial charge in [-0.1, -0.05) is 66.1 Å². The lowest BCUT2D eigenvalue weighted by Crippen LogP contribution is -2.30. The minimum atomic E-state index is 0.371. The van der Waals surface area contributed by atoms with Crippen molar-refractivity contribution < 1.29 is 0 Å². The third-order valence-electron chi connectivity index (χ3n) is 5.96. The van der Waals surface area contributed by atoms with E-state index in [1.54, 1.807) is 6.92 Å². The van der Waals surface area contributed by atoms with E-state index >= 15 is 0 Å². The van der Waals surface area contributed by atoms with Gasteiger partial charge in [-0.2, -0.15) is 0 Å². The van der Waals surface area contributed by atoms with Gasteiger partial charge < -0.3 is 15.6 Å². The van der Waals surface area contributed by atoms with Crippen LogP contribution in [-0.2, 0) is 0 Å². The zero-order valence-corrected chi connectivity index (χ0v) is 20.8. The third-order valence-corrected chi connectivity index (χ3v) is 6.40. The van der Waals surface area contributed by atoms with Gasteiger partial charge in [0.15, 0.2) is 0 Å². The summed E-state index contributed by atoms with van der Waals surface area (Å²) in [4.78, 5) is 10.9. The molecule has 1 aliphatic rings. The zero-order chi connectivity index (χ0) is 23.7. The first-order valence-electron chi connectivity index (χ1n) is 11.1. The highest BCUT2D eigenvalue weighted by Crippen LogP contribution is 2.41. The summed E-state index contributed by atoms with van der Waals surface area (Å²) in [5.41, 5.74) is 9.83. The normalized spacial score (nSPS) is 13.1. The summed E-state index contributed by atoms with van der Waals surface area (Å²) in [7, 11) is 2.60. The first-order valence-corrected chi connectivity index (χ1v) is 11.7. The van der Waals surface area contributed by atoms with E-state index in [0.29, 0.717) is 35.0 Å². The summed E-state index contributed by atoms with van der Waals surface area (Å²) < 4.78 is 0. The van der Waals surface area contributed by atoms with Gasteiger partial charge in [0.25, 0.3) is 0 Å². The topological polar surface area (TPSA) is 64.9 Å². The van der Waals surface area contributed by atoms with Crippen LogP contribution in [0.2, 0.25) is 0 Å². The lowest BCUT2D eigenvalue weighted by molar-refractivity contribution is 0.861. The van der Waals surface area contributed by atoms with E-state index in [1.807, 2.05) is 0 Å². The zero-order valence-electron chi connectivity index (χ0n) is 19.6. The average Bonchev–Trinajstić information content (AvgIpc) is 2.77. The van der Waals surface area contributed by atoms with Gasteiger partial charge in [0.05, 0.1) is 17.5 Å². The molecule has 1 aromatic heterocycles. The van der Waals surface area contributed by atoms with Crippen LogP contribution in [0.4, 0.5) is 11.5 Å². The molecule has 1 atom stereocenters. The number of aryl methyl sites for hydroxylation is 1. The maximum Gasteiger partial charge on any atom is 0.139 e. The van der Waals surface area contributed by atoms with E-state index in [0.717, 1.165) is 22.6 Å². The van der Waals surface area contributed by atoms with Crippen LogP contribution in [-0.4, -0.2) is 22.2 Å². The molecule has 168 valence electrons. The molecule has 2 heterocycles. The SMILES string of the molecule is C=C1c2c(C)cccc2C=C(CNc2ncnc(P)c2C(C)=N)N1c1ccccc1C(C)C. The number of rotatable bonds is 6. The first kappa shape index (κ1) is 22.9. The molecule has 1 aliphatic heterocycles. The van der Waals surface area contributed by atoms with Crippen molar-refractivity contribution in [3.63, 3.8) is 0 Å². The Morgan fingerprint density at radius 1 is 1.15 bits per heavy atom. The second kappa shape index (κ2) is 9.29. The molecule has 33 heavy (non-hydrogen) atoms. The van der Waals surface area contributed by atoms with Crippen LogP contribution < -0.4 is 15.7 Å². The second-order valence-corrected chi connectivity index (χ2v) is 9.18. The average molecular weight is 456 g/mol. The number of aromatic nitrogens is 2. The smallest absolute Gasteiger partial charge is 0.139 e. The predicted octanol–water partition coefficient (Wildman–Crippen LogP) is 5.74. The van der Waals surface area contributed by atoms with E-state index in [-0.39, 0.29) is 0 Å². The van der Waals surface area contributed by atoms with Crippen LogP contribution in [0.5, 0.6) is 0 Å². The highest BCUT2D eigenvalue weighted by Gasteiger charge is 2.27. The van der Waals surface area contributed by atoms with Crippen molar-refractivity contribution in [3.8, 4) is 0 Å². The molecule has 0 spiro atoms. The van der Waals surface area contributed by atoms with E-state index in [2.05, 4.69) is 105 Å². The Morgan fingerprint density at radius 2 is 1.91 bits per heavy atom. The van der Waals surface area contributed by atoms with Crippen LogP contribution in [0, 0.1) is 12.3 Å².